The molecular formula is C15H30N2O. The minimum Gasteiger partial charge on any atom is -0.391 e. The zero-order chi connectivity index (χ0) is 12.7. The summed E-state index contributed by atoms with van der Waals surface area (Å²) in [7, 11) is 0. The van der Waals surface area contributed by atoms with E-state index in [1.807, 2.05) is 6.20 Å². The third-order valence-corrected chi connectivity index (χ3v) is 3.21. The molecule has 0 saturated carbocycles. The van der Waals surface area contributed by atoms with Gasteiger partial charge < -0.3 is 15.4 Å². The summed E-state index contributed by atoms with van der Waals surface area (Å²) >= 11 is 0. The van der Waals surface area contributed by atoms with Crippen LogP contribution in [0, 0.1) is 0 Å². The van der Waals surface area contributed by atoms with Crippen molar-refractivity contribution < 1.29 is 4.74 Å². The van der Waals surface area contributed by atoms with Crippen molar-refractivity contribution in [3.05, 3.63) is 12.3 Å². The van der Waals surface area contributed by atoms with Crippen molar-refractivity contribution in [1.29, 1.82) is 0 Å². The quantitative estimate of drug-likeness (QED) is 0.697. The Morgan fingerprint density at radius 1 is 0.722 bits per heavy atom. The van der Waals surface area contributed by atoms with Crippen LogP contribution in [0.3, 0.4) is 0 Å². The number of nitrogens with one attached hydrogen (secondary N) is 2. The fraction of sp³-hybridized carbons (Fsp3) is 0.867. The molecule has 0 unspecified atom stereocenters. The Hall–Kier alpha value is -0.540. The third kappa shape index (κ3) is 10.6. The van der Waals surface area contributed by atoms with Gasteiger partial charge in [0.15, 0.2) is 0 Å². The molecule has 3 aliphatic heterocycles. The van der Waals surface area contributed by atoms with Gasteiger partial charge in [0, 0.05) is 19.8 Å². The molecule has 0 bridgehead atoms. The lowest BCUT2D eigenvalue weighted by Crippen LogP contribution is -2.21. The van der Waals surface area contributed by atoms with E-state index < -0.39 is 0 Å². The van der Waals surface area contributed by atoms with Crippen LogP contribution >= 0.6 is 0 Å². The zero-order valence-electron chi connectivity index (χ0n) is 11.8. The van der Waals surface area contributed by atoms with Gasteiger partial charge in [0.2, 0.25) is 0 Å². The van der Waals surface area contributed by atoms with E-state index in [1.165, 1.54) is 64.5 Å². The summed E-state index contributed by atoms with van der Waals surface area (Å²) in [5.41, 5.74) is 0. The van der Waals surface area contributed by atoms with Crippen molar-refractivity contribution >= 4 is 0 Å². The largest absolute Gasteiger partial charge is 0.391 e. The van der Waals surface area contributed by atoms with Crippen LogP contribution in [-0.4, -0.2) is 32.8 Å². The van der Waals surface area contributed by atoms with Crippen molar-refractivity contribution in [1.82, 2.24) is 10.6 Å². The number of hydrogen-bond donors (Lipinski definition) is 2. The molecule has 2 saturated heterocycles. The van der Waals surface area contributed by atoms with E-state index in [9.17, 15) is 0 Å². The van der Waals surface area contributed by atoms with Crippen molar-refractivity contribution in [2.75, 3.05) is 32.8 Å². The van der Waals surface area contributed by atoms with Gasteiger partial charge >= 0.3 is 0 Å². The standard InChI is InChI=1S/C5H11N.C5H9N.C5H10O/c3*1-2-4-6-5-3-1/h6H,1-5H2;2,4,6H,1,3,5H2;1-5H2. The normalized spacial score (nSPS) is 22.7. The lowest BCUT2D eigenvalue weighted by molar-refractivity contribution is 0.0968. The lowest BCUT2D eigenvalue weighted by Gasteiger charge is -2.08. The topological polar surface area (TPSA) is 33.3 Å². The van der Waals surface area contributed by atoms with Crippen LogP contribution in [0.15, 0.2) is 12.3 Å². The van der Waals surface area contributed by atoms with Gasteiger partial charge in [-0.3, -0.25) is 0 Å². The molecule has 3 heterocycles. The van der Waals surface area contributed by atoms with Gasteiger partial charge in [-0.1, -0.05) is 12.5 Å². The van der Waals surface area contributed by atoms with Crippen LogP contribution in [-0.2, 0) is 4.74 Å². The van der Waals surface area contributed by atoms with Crippen LogP contribution in [0.1, 0.15) is 51.4 Å². The van der Waals surface area contributed by atoms with Crippen molar-refractivity contribution in [2.45, 2.75) is 51.4 Å². The third-order valence-electron chi connectivity index (χ3n) is 3.21. The highest BCUT2D eigenvalue weighted by Crippen LogP contribution is 2.02. The number of piperidine rings is 1. The maximum absolute atomic E-state index is 5.07. The second-order valence-corrected chi connectivity index (χ2v) is 4.98. The first kappa shape index (κ1) is 15.5. The van der Waals surface area contributed by atoms with E-state index in [2.05, 4.69) is 16.7 Å². The first-order valence-electron chi connectivity index (χ1n) is 7.67. The van der Waals surface area contributed by atoms with Crippen LogP contribution in [0.4, 0.5) is 0 Å². The molecular weight excluding hydrogens is 224 g/mol. The smallest absolute Gasteiger partial charge is 0.0466 e. The maximum Gasteiger partial charge on any atom is 0.0466 e. The Balaban J connectivity index is 0.000000135. The van der Waals surface area contributed by atoms with E-state index >= 15 is 0 Å². The number of rotatable bonds is 0. The number of allylic oxidation sites excluding steroid dienone is 1. The molecule has 0 aromatic rings. The molecule has 0 amide bonds. The maximum atomic E-state index is 5.07. The van der Waals surface area contributed by atoms with Crippen LogP contribution in [0.5, 0.6) is 0 Å². The van der Waals surface area contributed by atoms with Crippen molar-refractivity contribution in [3.8, 4) is 0 Å². The number of ether oxygens (including phenoxy) is 1. The van der Waals surface area contributed by atoms with E-state index in [-0.39, 0.29) is 0 Å². The van der Waals surface area contributed by atoms with Gasteiger partial charge in [-0.05, 0) is 64.2 Å². The molecule has 0 aromatic carbocycles. The Bertz CT molecular complexity index is 144. The first-order chi connectivity index (χ1) is 9.00. The summed E-state index contributed by atoms with van der Waals surface area (Å²) in [5, 5.41) is 6.39. The average molecular weight is 254 g/mol. The summed E-state index contributed by atoms with van der Waals surface area (Å²) in [4.78, 5) is 0. The second kappa shape index (κ2) is 12.9. The molecule has 0 atom stereocenters. The Morgan fingerprint density at radius 3 is 1.61 bits per heavy atom. The minimum atomic E-state index is 1.00. The highest BCUT2D eigenvalue weighted by Gasteiger charge is 1.95. The van der Waals surface area contributed by atoms with Crippen molar-refractivity contribution in [3.63, 3.8) is 0 Å². The van der Waals surface area contributed by atoms with Gasteiger partial charge in [0.05, 0.1) is 0 Å². The molecule has 0 aromatic heterocycles. The molecule has 3 aliphatic rings. The van der Waals surface area contributed by atoms with E-state index in [1.54, 1.807) is 0 Å². The van der Waals surface area contributed by atoms with Crippen LogP contribution < -0.4 is 10.6 Å². The summed E-state index contributed by atoms with van der Waals surface area (Å²) in [5.74, 6) is 0. The molecule has 2 fully saturated rings. The highest BCUT2D eigenvalue weighted by atomic mass is 16.5. The summed E-state index contributed by atoms with van der Waals surface area (Å²) in [6.07, 6.45) is 14.9. The molecule has 0 spiro atoms. The molecule has 0 aliphatic carbocycles. The molecule has 2 N–H and O–H groups in total. The van der Waals surface area contributed by atoms with Crippen LogP contribution in [0.25, 0.3) is 0 Å². The molecule has 0 radical (unpaired) electrons. The monoisotopic (exact) mass is 254 g/mol. The molecule has 3 rings (SSSR count). The SMILES string of the molecule is C1=CNCCC1.C1CCNCC1.C1CCOCC1. The molecule has 3 nitrogen and oxygen atoms in total. The van der Waals surface area contributed by atoms with Gasteiger partial charge in [0.25, 0.3) is 0 Å². The minimum absolute atomic E-state index is 1.00. The van der Waals surface area contributed by atoms with E-state index in [0.717, 1.165) is 19.8 Å². The molecule has 18 heavy (non-hydrogen) atoms. The van der Waals surface area contributed by atoms with Gasteiger partial charge in [-0.25, -0.2) is 0 Å². The predicted molar refractivity (Wildman–Crippen MR) is 77.8 cm³/mol. The van der Waals surface area contributed by atoms with Crippen molar-refractivity contribution in [2.24, 2.45) is 0 Å². The lowest BCUT2D eigenvalue weighted by atomic mass is 10.2. The Kier molecular flexibility index (Phi) is 11.1. The van der Waals surface area contributed by atoms with Gasteiger partial charge in [-0.15, -0.1) is 0 Å². The van der Waals surface area contributed by atoms with E-state index in [4.69, 9.17) is 4.74 Å². The van der Waals surface area contributed by atoms with Crippen LogP contribution in [0.2, 0.25) is 0 Å². The Labute approximate surface area is 112 Å². The average Bonchev–Trinajstić information content (AvgIpc) is 2.54. The highest BCUT2D eigenvalue weighted by molar-refractivity contribution is 4.83. The predicted octanol–water partition coefficient (Wildman–Crippen LogP) is 2.83. The summed E-state index contributed by atoms with van der Waals surface area (Å²) in [6.45, 7) is 5.66. The fourth-order valence-electron chi connectivity index (χ4n) is 2.06. The second-order valence-electron chi connectivity index (χ2n) is 4.98. The summed E-state index contributed by atoms with van der Waals surface area (Å²) in [6, 6.07) is 0. The number of hydrogen-bond acceptors (Lipinski definition) is 3. The van der Waals surface area contributed by atoms with E-state index in [0.29, 0.717) is 0 Å². The molecule has 106 valence electrons. The zero-order valence-corrected chi connectivity index (χ0v) is 11.8. The van der Waals surface area contributed by atoms with Gasteiger partial charge in [0.1, 0.15) is 0 Å². The fourth-order valence-corrected chi connectivity index (χ4v) is 2.06. The van der Waals surface area contributed by atoms with Gasteiger partial charge in [-0.2, -0.15) is 0 Å². The Morgan fingerprint density at radius 2 is 1.44 bits per heavy atom. The summed E-state index contributed by atoms with van der Waals surface area (Å²) < 4.78 is 5.07. The molecule has 3 heteroatoms. The first-order valence-corrected chi connectivity index (χ1v) is 7.67.